The lowest BCUT2D eigenvalue weighted by Crippen LogP contribution is -2.31. The Labute approximate surface area is 121 Å². The molecule has 0 fully saturated rings. The Morgan fingerprint density at radius 2 is 2.00 bits per heavy atom. The summed E-state index contributed by atoms with van der Waals surface area (Å²) in [5, 5.41) is 3.15. The van der Waals surface area contributed by atoms with Crippen LogP contribution >= 0.6 is 0 Å². The molecule has 0 aliphatic rings. The molecule has 1 rings (SSSR count). The van der Waals surface area contributed by atoms with E-state index in [9.17, 15) is 4.79 Å². The summed E-state index contributed by atoms with van der Waals surface area (Å²) in [4.78, 5) is 24.5. The third kappa shape index (κ3) is 5.13. The van der Waals surface area contributed by atoms with E-state index in [1.165, 1.54) is 0 Å². The molecule has 0 aliphatic carbocycles. The molecule has 0 spiro atoms. The van der Waals surface area contributed by atoms with Gasteiger partial charge in [-0.1, -0.05) is 0 Å². The molecule has 20 heavy (non-hydrogen) atoms. The van der Waals surface area contributed by atoms with Crippen molar-refractivity contribution in [1.82, 2.24) is 19.8 Å². The summed E-state index contributed by atoms with van der Waals surface area (Å²) in [5.41, 5.74) is 0.443. The van der Waals surface area contributed by atoms with Gasteiger partial charge in [0.25, 0.3) is 5.91 Å². The minimum atomic E-state index is -0.0475. The van der Waals surface area contributed by atoms with Gasteiger partial charge in [-0.05, 0) is 47.0 Å². The van der Waals surface area contributed by atoms with Crippen molar-refractivity contribution < 1.29 is 4.79 Å². The van der Waals surface area contributed by atoms with Crippen LogP contribution in [0.4, 0.5) is 5.95 Å². The van der Waals surface area contributed by atoms with Gasteiger partial charge in [-0.15, -0.1) is 0 Å². The topological polar surface area (TPSA) is 61.4 Å². The minimum Gasteiger partial charge on any atom is -0.354 e. The lowest BCUT2D eigenvalue weighted by Gasteiger charge is -2.18. The number of hydrogen-bond donors (Lipinski definition) is 1. The van der Waals surface area contributed by atoms with Gasteiger partial charge < -0.3 is 15.1 Å². The average molecular weight is 279 g/mol. The Morgan fingerprint density at radius 1 is 1.30 bits per heavy atom. The first-order valence-electron chi connectivity index (χ1n) is 7.09. The maximum Gasteiger partial charge on any atom is 0.272 e. The van der Waals surface area contributed by atoms with Crippen LogP contribution in [0.15, 0.2) is 12.3 Å². The molecule has 0 radical (unpaired) electrons. The van der Waals surface area contributed by atoms with E-state index in [1.54, 1.807) is 17.2 Å². The van der Waals surface area contributed by atoms with Gasteiger partial charge in [0.1, 0.15) is 5.69 Å². The Kier molecular flexibility index (Phi) is 6.93. The van der Waals surface area contributed by atoms with Crippen LogP contribution in [0, 0.1) is 0 Å². The summed E-state index contributed by atoms with van der Waals surface area (Å²) < 4.78 is 0. The van der Waals surface area contributed by atoms with E-state index in [4.69, 9.17) is 0 Å². The number of aromatic nitrogens is 2. The first-order chi connectivity index (χ1) is 9.58. The molecule has 1 N–H and O–H groups in total. The van der Waals surface area contributed by atoms with Gasteiger partial charge in [0.2, 0.25) is 5.95 Å². The van der Waals surface area contributed by atoms with Crippen LogP contribution in [0.2, 0.25) is 0 Å². The molecule has 1 amide bonds. The van der Waals surface area contributed by atoms with Gasteiger partial charge in [0.05, 0.1) is 0 Å². The lowest BCUT2D eigenvalue weighted by atomic mass is 10.3. The highest BCUT2D eigenvalue weighted by atomic mass is 16.2. The Hall–Kier alpha value is -1.69. The van der Waals surface area contributed by atoms with Crippen LogP contribution in [0.25, 0.3) is 0 Å². The molecule has 6 nitrogen and oxygen atoms in total. The zero-order valence-electron chi connectivity index (χ0n) is 12.9. The molecule has 0 bridgehead atoms. The predicted molar refractivity (Wildman–Crippen MR) is 80.9 cm³/mol. The Bertz CT molecular complexity index is 418. The molecule has 1 heterocycles. The zero-order valence-corrected chi connectivity index (χ0v) is 12.9. The molecule has 0 saturated heterocycles. The van der Waals surface area contributed by atoms with Crippen LogP contribution < -0.4 is 5.32 Å². The molecule has 0 aromatic carbocycles. The molecular weight excluding hydrogens is 254 g/mol. The van der Waals surface area contributed by atoms with Crippen LogP contribution in [-0.2, 0) is 0 Å². The van der Waals surface area contributed by atoms with E-state index in [1.807, 2.05) is 27.9 Å². The summed E-state index contributed by atoms with van der Waals surface area (Å²) in [7, 11) is 4.08. The monoisotopic (exact) mass is 279 g/mol. The smallest absolute Gasteiger partial charge is 0.272 e. The van der Waals surface area contributed by atoms with E-state index in [0.29, 0.717) is 24.7 Å². The van der Waals surface area contributed by atoms with Gasteiger partial charge in [-0.25, -0.2) is 9.97 Å². The molecule has 112 valence electrons. The first kappa shape index (κ1) is 16.4. The third-order valence-corrected chi connectivity index (χ3v) is 2.99. The highest BCUT2D eigenvalue weighted by Crippen LogP contribution is 2.05. The van der Waals surface area contributed by atoms with E-state index in [-0.39, 0.29) is 5.91 Å². The molecule has 6 heteroatoms. The van der Waals surface area contributed by atoms with Crippen molar-refractivity contribution in [3.8, 4) is 0 Å². The Balaban J connectivity index is 2.59. The van der Waals surface area contributed by atoms with Crippen LogP contribution in [0.5, 0.6) is 0 Å². The number of carbonyl (C=O) groups is 1. The van der Waals surface area contributed by atoms with E-state index < -0.39 is 0 Å². The van der Waals surface area contributed by atoms with Crippen molar-refractivity contribution in [3.63, 3.8) is 0 Å². The van der Waals surface area contributed by atoms with Crippen molar-refractivity contribution in [3.05, 3.63) is 18.0 Å². The SMILES string of the molecule is CCN(CC)C(=O)c1ccnc(NCCCN(C)C)n1. The molecule has 0 aliphatic heterocycles. The average Bonchev–Trinajstić information content (AvgIpc) is 2.45. The quantitative estimate of drug-likeness (QED) is 0.727. The van der Waals surface area contributed by atoms with E-state index in [2.05, 4.69) is 20.2 Å². The number of hydrogen-bond acceptors (Lipinski definition) is 5. The second-order valence-electron chi connectivity index (χ2n) is 4.83. The minimum absolute atomic E-state index is 0.0475. The molecule has 0 saturated carbocycles. The third-order valence-electron chi connectivity index (χ3n) is 2.99. The van der Waals surface area contributed by atoms with Crippen LogP contribution in [-0.4, -0.2) is 65.9 Å². The van der Waals surface area contributed by atoms with E-state index in [0.717, 1.165) is 19.5 Å². The number of amides is 1. The largest absolute Gasteiger partial charge is 0.354 e. The van der Waals surface area contributed by atoms with E-state index >= 15 is 0 Å². The zero-order chi connectivity index (χ0) is 15.0. The van der Waals surface area contributed by atoms with Gasteiger partial charge >= 0.3 is 0 Å². The predicted octanol–water partition coefficient (Wildman–Crippen LogP) is 1.32. The van der Waals surface area contributed by atoms with Crippen molar-refractivity contribution in [2.75, 3.05) is 45.6 Å². The van der Waals surface area contributed by atoms with Crippen molar-refractivity contribution in [1.29, 1.82) is 0 Å². The molecule has 0 atom stereocenters. The summed E-state index contributed by atoms with van der Waals surface area (Å²) in [6.45, 7) is 7.09. The summed E-state index contributed by atoms with van der Waals surface area (Å²) >= 11 is 0. The van der Waals surface area contributed by atoms with Crippen molar-refractivity contribution >= 4 is 11.9 Å². The van der Waals surface area contributed by atoms with Crippen molar-refractivity contribution in [2.24, 2.45) is 0 Å². The maximum absolute atomic E-state index is 12.2. The van der Waals surface area contributed by atoms with Gasteiger partial charge in [0.15, 0.2) is 0 Å². The molecular formula is C14H25N5O. The van der Waals surface area contributed by atoms with Gasteiger partial charge in [-0.2, -0.15) is 0 Å². The molecule has 1 aromatic rings. The second kappa shape index (κ2) is 8.47. The lowest BCUT2D eigenvalue weighted by molar-refractivity contribution is 0.0767. The van der Waals surface area contributed by atoms with Crippen LogP contribution in [0.3, 0.4) is 0 Å². The standard InChI is InChI=1S/C14H25N5O/c1-5-19(6-2)13(20)12-8-10-16-14(17-12)15-9-7-11-18(3)4/h8,10H,5-7,9,11H2,1-4H3,(H,15,16,17). The number of nitrogens with one attached hydrogen (secondary N) is 1. The van der Waals surface area contributed by atoms with Crippen LogP contribution in [0.1, 0.15) is 30.8 Å². The summed E-state index contributed by atoms with van der Waals surface area (Å²) in [6.07, 6.45) is 2.63. The number of nitrogens with zero attached hydrogens (tertiary/aromatic N) is 4. The fraction of sp³-hybridized carbons (Fsp3) is 0.643. The second-order valence-corrected chi connectivity index (χ2v) is 4.83. The normalized spacial score (nSPS) is 10.7. The molecule has 1 aromatic heterocycles. The van der Waals surface area contributed by atoms with Gasteiger partial charge in [-0.3, -0.25) is 4.79 Å². The van der Waals surface area contributed by atoms with Gasteiger partial charge in [0, 0.05) is 25.8 Å². The maximum atomic E-state index is 12.2. The summed E-state index contributed by atoms with van der Waals surface area (Å²) in [6, 6.07) is 1.66. The van der Waals surface area contributed by atoms with Crippen molar-refractivity contribution in [2.45, 2.75) is 20.3 Å². The molecule has 0 unspecified atom stereocenters. The highest BCUT2D eigenvalue weighted by Gasteiger charge is 2.14. The fourth-order valence-corrected chi connectivity index (χ4v) is 1.83. The first-order valence-corrected chi connectivity index (χ1v) is 7.09. The number of rotatable bonds is 8. The Morgan fingerprint density at radius 3 is 2.60 bits per heavy atom. The fourth-order valence-electron chi connectivity index (χ4n) is 1.83. The highest BCUT2D eigenvalue weighted by molar-refractivity contribution is 5.92. The number of anilines is 1. The summed E-state index contributed by atoms with van der Waals surface area (Å²) in [5.74, 6) is 0.468. The number of carbonyl (C=O) groups excluding carboxylic acids is 1.